The molecule has 17 heavy (non-hydrogen) atoms. The molecule has 1 aromatic rings. The zero-order valence-corrected chi connectivity index (χ0v) is 10.2. The first-order valence-corrected chi connectivity index (χ1v) is 6.20. The quantitative estimate of drug-likeness (QED) is 0.859. The summed E-state index contributed by atoms with van der Waals surface area (Å²) >= 11 is 0. The van der Waals surface area contributed by atoms with Crippen LogP contribution in [0.4, 0.5) is 0 Å². The average Bonchev–Trinajstić information content (AvgIpc) is 2.72. The van der Waals surface area contributed by atoms with Crippen LogP contribution in [-0.2, 0) is 17.8 Å². The molecule has 1 N–H and O–H groups in total. The fourth-order valence-electron chi connectivity index (χ4n) is 2.31. The number of hydrogen-bond donors (Lipinski definition) is 1. The van der Waals surface area contributed by atoms with Gasteiger partial charge in [-0.1, -0.05) is 0 Å². The first-order valence-electron chi connectivity index (χ1n) is 6.20. The highest BCUT2D eigenvalue weighted by Gasteiger charge is 2.20. The van der Waals surface area contributed by atoms with Crippen molar-refractivity contribution in [2.45, 2.75) is 39.2 Å². The van der Waals surface area contributed by atoms with Crippen LogP contribution in [0.1, 0.15) is 42.2 Å². The van der Waals surface area contributed by atoms with Crippen molar-refractivity contribution in [3.05, 3.63) is 23.5 Å². The molecule has 1 heterocycles. The van der Waals surface area contributed by atoms with Crippen molar-refractivity contribution < 1.29 is 9.59 Å². The predicted molar refractivity (Wildman–Crippen MR) is 65.0 cm³/mol. The molecule has 1 aliphatic rings. The smallest absolute Gasteiger partial charge is 0.221 e. The molecule has 2 rings (SSSR count). The number of aryl methyl sites for hydroxylation is 1. The Balaban J connectivity index is 2.03. The maximum absolute atomic E-state index is 11.6. The number of amides is 1. The second-order valence-corrected chi connectivity index (χ2v) is 4.35. The van der Waals surface area contributed by atoms with Gasteiger partial charge >= 0.3 is 0 Å². The second-order valence-electron chi connectivity index (χ2n) is 4.35. The van der Waals surface area contributed by atoms with Crippen LogP contribution in [0.15, 0.2) is 12.3 Å². The standard InChI is InChI=1S/C13H18N2O2/c1-2-14-13(17)7-9-15-8-6-10-11(15)4-3-5-12(10)16/h6,8H,2-5,7,9H2,1H3,(H,14,17). The molecular weight excluding hydrogens is 216 g/mol. The molecule has 0 aromatic carbocycles. The SMILES string of the molecule is CCNC(=O)CCn1ccc2c1CCCC2=O. The van der Waals surface area contributed by atoms with Gasteiger partial charge in [-0.15, -0.1) is 0 Å². The number of Topliss-reactive ketones (excluding diaryl/α,β-unsaturated/α-hetero) is 1. The Morgan fingerprint density at radius 3 is 3.06 bits per heavy atom. The van der Waals surface area contributed by atoms with Gasteiger partial charge in [-0.3, -0.25) is 9.59 Å². The van der Waals surface area contributed by atoms with Crippen molar-refractivity contribution in [3.8, 4) is 0 Å². The Hall–Kier alpha value is -1.58. The Morgan fingerprint density at radius 2 is 2.29 bits per heavy atom. The van der Waals surface area contributed by atoms with Gasteiger partial charge in [0.1, 0.15) is 0 Å². The van der Waals surface area contributed by atoms with E-state index in [1.165, 1.54) is 0 Å². The van der Waals surface area contributed by atoms with Gasteiger partial charge in [0, 0.05) is 43.4 Å². The summed E-state index contributed by atoms with van der Waals surface area (Å²) in [5.74, 6) is 0.306. The van der Waals surface area contributed by atoms with Gasteiger partial charge < -0.3 is 9.88 Å². The van der Waals surface area contributed by atoms with Crippen LogP contribution in [-0.4, -0.2) is 22.8 Å². The van der Waals surface area contributed by atoms with E-state index in [-0.39, 0.29) is 11.7 Å². The Kier molecular flexibility index (Phi) is 3.61. The molecule has 0 radical (unpaired) electrons. The van der Waals surface area contributed by atoms with Gasteiger partial charge in [-0.25, -0.2) is 0 Å². The summed E-state index contributed by atoms with van der Waals surface area (Å²) in [5, 5.41) is 2.78. The van der Waals surface area contributed by atoms with E-state index in [4.69, 9.17) is 0 Å². The highest BCUT2D eigenvalue weighted by Crippen LogP contribution is 2.22. The highest BCUT2D eigenvalue weighted by molar-refractivity contribution is 5.98. The fraction of sp³-hybridized carbons (Fsp3) is 0.538. The summed E-state index contributed by atoms with van der Waals surface area (Å²) in [6.45, 7) is 3.24. The summed E-state index contributed by atoms with van der Waals surface area (Å²) in [6, 6.07) is 1.88. The molecule has 0 atom stereocenters. The van der Waals surface area contributed by atoms with E-state index in [9.17, 15) is 9.59 Å². The lowest BCUT2D eigenvalue weighted by atomic mass is 9.97. The maximum Gasteiger partial charge on any atom is 0.221 e. The molecule has 0 bridgehead atoms. The van der Waals surface area contributed by atoms with Crippen molar-refractivity contribution in [1.29, 1.82) is 0 Å². The molecule has 0 fully saturated rings. The third-order valence-corrected chi connectivity index (χ3v) is 3.15. The Bertz CT molecular complexity index is 435. The van der Waals surface area contributed by atoms with Crippen LogP contribution in [0.2, 0.25) is 0 Å². The molecule has 4 nitrogen and oxygen atoms in total. The summed E-state index contributed by atoms with van der Waals surface area (Å²) in [7, 11) is 0. The molecule has 0 aliphatic heterocycles. The number of carbonyl (C=O) groups excluding carboxylic acids is 2. The topological polar surface area (TPSA) is 51.1 Å². The number of hydrogen-bond acceptors (Lipinski definition) is 2. The fourth-order valence-corrected chi connectivity index (χ4v) is 2.31. The molecule has 0 spiro atoms. The molecule has 0 saturated carbocycles. The predicted octanol–water partition coefficient (Wildman–Crippen LogP) is 1.53. The van der Waals surface area contributed by atoms with Crippen molar-refractivity contribution in [1.82, 2.24) is 9.88 Å². The first kappa shape index (κ1) is 11.9. The number of nitrogens with one attached hydrogen (secondary N) is 1. The number of carbonyl (C=O) groups is 2. The molecule has 1 aromatic heterocycles. The molecule has 1 aliphatic carbocycles. The number of ketones is 1. The van der Waals surface area contributed by atoms with Gasteiger partial charge in [-0.05, 0) is 25.8 Å². The van der Waals surface area contributed by atoms with Crippen LogP contribution in [0.25, 0.3) is 0 Å². The lowest BCUT2D eigenvalue weighted by Crippen LogP contribution is -2.24. The van der Waals surface area contributed by atoms with Crippen LogP contribution >= 0.6 is 0 Å². The monoisotopic (exact) mass is 234 g/mol. The maximum atomic E-state index is 11.6. The molecular formula is C13H18N2O2. The zero-order chi connectivity index (χ0) is 12.3. The van der Waals surface area contributed by atoms with Crippen molar-refractivity contribution in [2.24, 2.45) is 0 Å². The molecule has 1 amide bonds. The van der Waals surface area contributed by atoms with Gasteiger partial charge in [0.15, 0.2) is 5.78 Å². The zero-order valence-electron chi connectivity index (χ0n) is 10.2. The number of aromatic nitrogens is 1. The minimum Gasteiger partial charge on any atom is -0.356 e. The third kappa shape index (κ3) is 2.57. The Labute approximate surface area is 101 Å². The van der Waals surface area contributed by atoms with E-state index in [1.807, 2.05) is 23.8 Å². The minimum atomic E-state index is 0.0667. The van der Waals surface area contributed by atoms with Crippen molar-refractivity contribution in [2.75, 3.05) is 6.54 Å². The lowest BCUT2D eigenvalue weighted by molar-refractivity contribution is -0.121. The van der Waals surface area contributed by atoms with Crippen LogP contribution in [0.3, 0.4) is 0 Å². The van der Waals surface area contributed by atoms with E-state index >= 15 is 0 Å². The van der Waals surface area contributed by atoms with Crippen LogP contribution < -0.4 is 5.32 Å². The largest absolute Gasteiger partial charge is 0.356 e. The van der Waals surface area contributed by atoms with Crippen molar-refractivity contribution >= 4 is 11.7 Å². The summed E-state index contributed by atoms with van der Waals surface area (Å²) in [6.07, 6.45) is 4.93. The lowest BCUT2D eigenvalue weighted by Gasteiger charge is -2.14. The molecule has 4 heteroatoms. The van der Waals surface area contributed by atoms with Crippen molar-refractivity contribution in [3.63, 3.8) is 0 Å². The van der Waals surface area contributed by atoms with Crippen LogP contribution in [0, 0.1) is 0 Å². The number of fused-ring (bicyclic) bond motifs is 1. The normalized spacial score (nSPS) is 14.5. The number of rotatable bonds is 4. The Morgan fingerprint density at radius 1 is 1.47 bits per heavy atom. The third-order valence-electron chi connectivity index (χ3n) is 3.15. The highest BCUT2D eigenvalue weighted by atomic mass is 16.1. The summed E-state index contributed by atoms with van der Waals surface area (Å²) < 4.78 is 2.04. The van der Waals surface area contributed by atoms with E-state index < -0.39 is 0 Å². The van der Waals surface area contributed by atoms with E-state index in [0.717, 1.165) is 24.1 Å². The first-order chi connectivity index (χ1) is 8.22. The van der Waals surface area contributed by atoms with E-state index in [1.54, 1.807) is 0 Å². The van der Waals surface area contributed by atoms with E-state index in [0.29, 0.717) is 25.9 Å². The van der Waals surface area contributed by atoms with Gasteiger partial charge in [0.05, 0.1) is 0 Å². The molecule has 92 valence electrons. The number of nitrogens with zero attached hydrogens (tertiary/aromatic N) is 1. The second kappa shape index (κ2) is 5.17. The minimum absolute atomic E-state index is 0.0667. The summed E-state index contributed by atoms with van der Waals surface area (Å²) in [5.41, 5.74) is 1.96. The molecule has 0 saturated heterocycles. The molecule has 0 unspecified atom stereocenters. The van der Waals surface area contributed by atoms with Gasteiger partial charge in [0.2, 0.25) is 5.91 Å². The average molecular weight is 234 g/mol. The van der Waals surface area contributed by atoms with Crippen LogP contribution in [0.5, 0.6) is 0 Å². The van der Waals surface area contributed by atoms with E-state index in [2.05, 4.69) is 5.32 Å². The summed E-state index contributed by atoms with van der Waals surface area (Å²) in [4.78, 5) is 23.0. The van der Waals surface area contributed by atoms with Gasteiger partial charge in [0.25, 0.3) is 0 Å². The van der Waals surface area contributed by atoms with Gasteiger partial charge in [-0.2, -0.15) is 0 Å².